The molecule has 0 saturated carbocycles. The van der Waals surface area contributed by atoms with E-state index in [1.807, 2.05) is 24.4 Å². The summed E-state index contributed by atoms with van der Waals surface area (Å²) in [7, 11) is 0. The Bertz CT molecular complexity index is 513. The second kappa shape index (κ2) is 5.05. The quantitative estimate of drug-likeness (QED) is 0.791. The van der Waals surface area contributed by atoms with Crippen LogP contribution in [-0.4, -0.2) is 28.3 Å². The van der Waals surface area contributed by atoms with Gasteiger partial charge in [0.25, 0.3) is 0 Å². The van der Waals surface area contributed by atoms with Crippen molar-refractivity contribution in [3.8, 4) is 11.5 Å². The summed E-state index contributed by atoms with van der Waals surface area (Å²) in [5, 5.41) is 11.0. The third-order valence-corrected chi connectivity index (χ3v) is 2.78. The van der Waals surface area contributed by atoms with Gasteiger partial charge in [-0.2, -0.15) is 0 Å². The molecule has 0 saturated heterocycles. The van der Waals surface area contributed by atoms with Crippen molar-refractivity contribution < 1.29 is 9.47 Å². The fourth-order valence-corrected chi connectivity index (χ4v) is 1.90. The summed E-state index contributed by atoms with van der Waals surface area (Å²) in [6.07, 6.45) is 3.52. The van der Waals surface area contributed by atoms with Gasteiger partial charge in [0.1, 0.15) is 0 Å². The van der Waals surface area contributed by atoms with Gasteiger partial charge in [-0.1, -0.05) is 17.3 Å². The van der Waals surface area contributed by atoms with E-state index in [-0.39, 0.29) is 0 Å². The number of nitrogens with zero attached hydrogens (tertiary/aromatic N) is 3. The molecule has 18 heavy (non-hydrogen) atoms. The first-order chi connectivity index (χ1) is 8.93. The van der Waals surface area contributed by atoms with Crippen LogP contribution in [0.15, 0.2) is 30.6 Å². The van der Waals surface area contributed by atoms with Crippen molar-refractivity contribution in [2.75, 3.05) is 13.3 Å². The lowest BCUT2D eigenvalue weighted by atomic mass is 10.2. The van der Waals surface area contributed by atoms with Gasteiger partial charge in [0.15, 0.2) is 11.5 Å². The smallest absolute Gasteiger partial charge is 0.231 e. The summed E-state index contributed by atoms with van der Waals surface area (Å²) in [5.41, 5.74) is 1.11. The summed E-state index contributed by atoms with van der Waals surface area (Å²) < 4.78 is 12.6. The van der Waals surface area contributed by atoms with E-state index >= 15 is 0 Å². The highest BCUT2D eigenvalue weighted by Gasteiger charge is 2.16. The summed E-state index contributed by atoms with van der Waals surface area (Å²) in [6, 6.07) is 5.93. The highest BCUT2D eigenvalue weighted by molar-refractivity contribution is 5.48. The van der Waals surface area contributed by atoms with Crippen LogP contribution in [0, 0.1) is 0 Å². The average Bonchev–Trinajstić information content (AvgIpc) is 3.05. The van der Waals surface area contributed by atoms with Crippen LogP contribution in [0.3, 0.4) is 0 Å². The molecule has 6 nitrogen and oxygen atoms in total. The van der Waals surface area contributed by atoms with E-state index in [1.54, 1.807) is 10.9 Å². The van der Waals surface area contributed by atoms with Gasteiger partial charge in [0.05, 0.1) is 12.7 Å². The van der Waals surface area contributed by atoms with Crippen LogP contribution in [0.25, 0.3) is 0 Å². The maximum atomic E-state index is 5.44. The molecule has 94 valence electrons. The lowest BCUT2D eigenvalue weighted by Crippen LogP contribution is -2.20. The lowest BCUT2D eigenvalue weighted by molar-refractivity contribution is 0.173. The van der Waals surface area contributed by atoms with Crippen molar-refractivity contribution in [2.45, 2.75) is 13.1 Å². The predicted molar refractivity (Wildman–Crippen MR) is 64.3 cm³/mol. The third kappa shape index (κ3) is 2.28. The number of hydrogen-bond acceptors (Lipinski definition) is 5. The first kappa shape index (κ1) is 11.0. The maximum Gasteiger partial charge on any atom is 0.231 e. The molecule has 1 aliphatic rings. The average molecular weight is 246 g/mol. The molecule has 0 aliphatic carbocycles. The van der Waals surface area contributed by atoms with Gasteiger partial charge < -0.3 is 14.8 Å². The van der Waals surface area contributed by atoms with Crippen molar-refractivity contribution in [3.05, 3.63) is 36.2 Å². The van der Waals surface area contributed by atoms with Gasteiger partial charge in [-0.05, 0) is 6.07 Å². The number of ether oxygens (including phenoxy) is 2. The van der Waals surface area contributed by atoms with Crippen LogP contribution in [0.4, 0.5) is 0 Å². The van der Waals surface area contributed by atoms with Gasteiger partial charge in [0.2, 0.25) is 6.79 Å². The monoisotopic (exact) mass is 246 g/mol. The van der Waals surface area contributed by atoms with Crippen molar-refractivity contribution in [3.63, 3.8) is 0 Å². The van der Waals surface area contributed by atoms with E-state index in [2.05, 4.69) is 15.6 Å². The topological polar surface area (TPSA) is 61.2 Å². The highest BCUT2D eigenvalue weighted by atomic mass is 16.7. The minimum absolute atomic E-state index is 0.311. The SMILES string of the molecule is c1cc(CNCCn2ccnn2)c2c(c1)OCO2. The van der Waals surface area contributed by atoms with Gasteiger partial charge in [-0.25, -0.2) is 0 Å². The first-order valence-electron chi connectivity index (χ1n) is 5.86. The number of rotatable bonds is 5. The number of nitrogens with one attached hydrogen (secondary N) is 1. The second-order valence-electron chi connectivity index (χ2n) is 3.99. The van der Waals surface area contributed by atoms with Gasteiger partial charge in [-0.3, -0.25) is 4.68 Å². The summed E-state index contributed by atoms with van der Waals surface area (Å²) in [4.78, 5) is 0. The Balaban J connectivity index is 1.53. The summed E-state index contributed by atoms with van der Waals surface area (Å²) >= 11 is 0. The molecule has 6 heteroatoms. The highest BCUT2D eigenvalue weighted by Crippen LogP contribution is 2.35. The van der Waals surface area contributed by atoms with E-state index in [0.717, 1.165) is 36.7 Å². The van der Waals surface area contributed by atoms with Crippen LogP contribution >= 0.6 is 0 Å². The fourth-order valence-electron chi connectivity index (χ4n) is 1.90. The molecule has 1 aliphatic heterocycles. The molecule has 1 N–H and O–H groups in total. The molecule has 0 bridgehead atoms. The lowest BCUT2D eigenvalue weighted by Gasteiger charge is -2.07. The zero-order valence-corrected chi connectivity index (χ0v) is 9.87. The van der Waals surface area contributed by atoms with E-state index in [9.17, 15) is 0 Å². The molecule has 1 aromatic carbocycles. The van der Waals surface area contributed by atoms with Crippen molar-refractivity contribution in [2.24, 2.45) is 0 Å². The molecule has 0 spiro atoms. The van der Waals surface area contributed by atoms with Crippen LogP contribution in [0.5, 0.6) is 11.5 Å². The number of para-hydroxylation sites is 1. The molecule has 0 unspecified atom stereocenters. The number of fused-ring (bicyclic) bond motifs is 1. The Hall–Kier alpha value is -2.08. The minimum atomic E-state index is 0.311. The van der Waals surface area contributed by atoms with Crippen molar-refractivity contribution in [1.29, 1.82) is 0 Å². The second-order valence-corrected chi connectivity index (χ2v) is 3.99. The Morgan fingerprint density at radius 2 is 2.33 bits per heavy atom. The Kier molecular flexibility index (Phi) is 3.10. The first-order valence-corrected chi connectivity index (χ1v) is 5.86. The Morgan fingerprint density at radius 1 is 1.33 bits per heavy atom. The van der Waals surface area contributed by atoms with E-state index in [1.165, 1.54) is 0 Å². The number of benzene rings is 1. The molecule has 1 aromatic heterocycles. The molecule has 2 heterocycles. The summed E-state index contributed by atoms with van der Waals surface area (Å²) in [6.45, 7) is 2.69. The Morgan fingerprint density at radius 3 is 3.22 bits per heavy atom. The number of aromatic nitrogens is 3. The van der Waals surface area contributed by atoms with Crippen LogP contribution in [0.1, 0.15) is 5.56 Å². The van der Waals surface area contributed by atoms with E-state index in [4.69, 9.17) is 9.47 Å². The fraction of sp³-hybridized carbons (Fsp3) is 0.333. The van der Waals surface area contributed by atoms with Gasteiger partial charge >= 0.3 is 0 Å². The van der Waals surface area contributed by atoms with Crippen LogP contribution < -0.4 is 14.8 Å². The normalized spacial score (nSPS) is 12.9. The molecule has 0 fully saturated rings. The van der Waals surface area contributed by atoms with Gasteiger partial charge in [-0.15, -0.1) is 5.10 Å². The van der Waals surface area contributed by atoms with Crippen LogP contribution in [0.2, 0.25) is 0 Å². The van der Waals surface area contributed by atoms with Gasteiger partial charge in [0, 0.05) is 24.8 Å². The zero-order valence-electron chi connectivity index (χ0n) is 9.87. The standard InChI is InChI=1S/C12H14N4O2/c1-2-10(12-11(3-1)17-9-18-12)8-13-4-6-16-7-5-14-15-16/h1-3,5,7,13H,4,6,8-9H2. The molecular formula is C12H14N4O2. The minimum Gasteiger partial charge on any atom is -0.454 e. The largest absolute Gasteiger partial charge is 0.454 e. The molecular weight excluding hydrogens is 232 g/mol. The van der Waals surface area contributed by atoms with E-state index in [0.29, 0.717) is 6.79 Å². The molecule has 0 radical (unpaired) electrons. The Labute approximate surface area is 105 Å². The molecule has 0 amide bonds. The van der Waals surface area contributed by atoms with Crippen molar-refractivity contribution in [1.82, 2.24) is 20.3 Å². The molecule has 3 rings (SSSR count). The van der Waals surface area contributed by atoms with E-state index < -0.39 is 0 Å². The molecule has 2 aromatic rings. The third-order valence-electron chi connectivity index (χ3n) is 2.78. The van der Waals surface area contributed by atoms with Crippen LogP contribution in [-0.2, 0) is 13.1 Å². The predicted octanol–water partition coefficient (Wildman–Crippen LogP) is 0.797. The van der Waals surface area contributed by atoms with Crippen molar-refractivity contribution >= 4 is 0 Å². The maximum absolute atomic E-state index is 5.44. The number of hydrogen-bond donors (Lipinski definition) is 1. The molecule has 0 atom stereocenters. The summed E-state index contributed by atoms with van der Waals surface area (Å²) in [5.74, 6) is 1.68. The zero-order chi connectivity index (χ0) is 12.2.